The number of anilines is 1. The Balaban J connectivity index is 1.90. The number of hydrogen-bond donors (Lipinski definition) is 1. The van der Waals surface area contributed by atoms with Gasteiger partial charge in [-0.2, -0.15) is 4.98 Å². The van der Waals surface area contributed by atoms with Crippen LogP contribution in [0.4, 0.5) is 10.2 Å². The third-order valence-electron chi connectivity index (χ3n) is 3.43. The Kier molecular flexibility index (Phi) is 4.48. The molecule has 2 aliphatic rings. The first kappa shape index (κ1) is 17.8. The summed E-state index contributed by atoms with van der Waals surface area (Å²) in [7, 11) is -3.98. The summed E-state index contributed by atoms with van der Waals surface area (Å²) >= 11 is 5.95. The predicted molar refractivity (Wildman–Crippen MR) is 81.2 cm³/mol. The van der Waals surface area contributed by atoms with Crippen LogP contribution in [0.2, 0.25) is 0 Å². The largest absolute Gasteiger partial charge is 0.475 e. The van der Waals surface area contributed by atoms with Gasteiger partial charge in [0.2, 0.25) is 0 Å². The van der Waals surface area contributed by atoms with Gasteiger partial charge in [0.25, 0.3) is 5.13 Å². The van der Waals surface area contributed by atoms with E-state index in [4.69, 9.17) is 35.6 Å². The summed E-state index contributed by atoms with van der Waals surface area (Å²) in [5, 5.41) is -2.69. The first-order chi connectivity index (χ1) is 11.1. The Morgan fingerprint density at radius 2 is 2.33 bits per heavy atom. The second kappa shape index (κ2) is 6.05. The van der Waals surface area contributed by atoms with Crippen LogP contribution in [0.25, 0.3) is 0 Å². The van der Waals surface area contributed by atoms with Crippen molar-refractivity contribution in [3.8, 4) is 0 Å². The highest BCUT2D eigenvalue weighted by atomic mass is 35.5. The fourth-order valence-electron chi connectivity index (χ4n) is 2.48. The van der Waals surface area contributed by atoms with Crippen molar-refractivity contribution in [3.63, 3.8) is 0 Å². The molecule has 3 heterocycles. The molecule has 0 amide bonds. The van der Waals surface area contributed by atoms with Crippen molar-refractivity contribution >= 4 is 25.2 Å². The molecule has 24 heavy (non-hydrogen) atoms. The molecule has 0 aromatic carbocycles. The highest BCUT2D eigenvalue weighted by Crippen LogP contribution is 2.60. The second-order valence-corrected chi connectivity index (χ2v) is 7.82. The molecule has 0 spiro atoms. The van der Waals surface area contributed by atoms with Crippen molar-refractivity contribution in [3.05, 3.63) is 22.7 Å². The summed E-state index contributed by atoms with van der Waals surface area (Å²) in [4.78, 5) is 15.4. The van der Waals surface area contributed by atoms with Crippen molar-refractivity contribution in [1.82, 2.24) is 9.55 Å². The molecular formula is C12H16ClFN3O6P. The fraction of sp³-hybridized carbons (Fsp3) is 0.667. The number of hydrogen-bond acceptors (Lipinski definition) is 8. The standard InChI is InChI=1S/C12H16ClFN3O6P/c1-6(2)22-24(19)20-5-7-9(23-24)12(13,14)10(21-7)17-4-3-8(15)16-11(17)18/h3-4,6-7,9-10H,5H2,1-2H3,(H2,15,16,18)/t7-,9-,10-,12-,24-/m1/s1. The number of ether oxygens (including phenoxy) is 1. The molecule has 5 atom stereocenters. The number of aromatic nitrogens is 2. The number of rotatable bonds is 3. The topological polar surface area (TPSA) is 115 Å². The molecule has 2 fully saturated rings. The number of halogens is 2. The lowest BCUT2D eigenvalue weighted by atomic mass is 10.1. The van der Waals surface area contributed by atoms with Crippen LogP contribution in [-0.2, 0) is 22.9 Å². The van der Waals surface area contributed by atoms with E-state index in [2.05, 4.69) is 4.98 Å². The normalized spacial score (nSPS) is 39.1. The zero-order chi connectivity index (χ0) is 17.7. The van der Waals surface area contributed by atoms with Crippen LogP contribution in [0.15, 0.2) is 17.1 Å². The van der Waals surface area contributed by atoms with Crippen molar-refractivity contribution in [2.75, 3.05) is 12.3 Å². The van der Waals surface area contributed by atoms with Gasteiger partial charge >= 0.3 is 13.5 Å². The van der Waals surface area contributed by atoms with Crippen LogP contribution in [0, 0.1) is 0 Å². The molecule has 2 aliphatic heterocycles. The summed E-state index contributed by atoms with van der Waals surface area (Å²) in [6.07, 6.45) is -3.25. The van der Waals surface area contributed by atoms with E-state index in [-0.39, 0.29) is 12.4 Å². The lowest BCUT2D eigenvalue weighted by Crippen LogP contribution is -2.44. The first-order valence-corrected chi connectivity index (χ1v) is 8.95. The van der Waals surface area contributed by atoms with E-state index >= 15 is 4.39 Å². The highest BCUT2D eigenvalue weighted by molar-refractivity contribution is 7.48. The molecule has 134 valence electrons. The zero-order valence-corrected chi connectivity index (χ0v) is 14.4. The van der Waals surface area contributed by atoms with E-state index in [0.29, 0.717) is 0 Å². The maximum atomic E-state index is 15.1. The lowest BCUT2D eigenvalue weighted by Gasteiger charge is -2.33. The maximum Gasteiger partial charge on any atom is 0.475 e. The second-order valence-electron chi connectivity index (χ2n) is 5.67. The summed E-state index contributed by atoms with van der Waals surface area (Å²) in [5.41, 5.74) is 4.56. The third-order valence-corrected chi connectivity index (χ3v) is 5.47. The Morgan fingerprint density at radius 3 is 2.96 bits per heavy atom. The van der Waals surface area contributed by atoms with Crippen molar-refractivity contribution in [2.45, 2.75) is 43.5 Å². The Labute approximate surface area is 141 Å². The van der Waals surface area contributed by atoms with Gasteiger partial charge in [-0.1, -0.05) is 11.6 Å². The van der Waals surface area contributed by atoms with Crippen molar-refractivity contribution in [1.29, 1.82) is 0 Å². The minimum absolute atomic E-state index is 0.0277. The maximum absolute atomic E-state index is 15.1. The Bertz CT molecular complexity index is 744. The van der Waals surface area contributed by atoms with Gasteiger partial charge in [-0.05, 0) is 19.9 Å². The molecule has 0 saturated carbocycles. The third kappa shape index (κ3) is 3.10. The van der Waals surface area contributed by atoms with E-state index in [1.165, 1.54) is 12.3 Å². The average Bonchev–Trinajstić information content (AvgIpc) is 2.69. The van der Waals surface area contributed by atoms with Crippen LogP contribution in [-0.4, -0.2) is 39.6 Å². The molecule has 9 nitrogen and oxygen atoms in total. The number of phosphoric ester groups is 1. The minimum Gasteiger partial charge on any atom is -0.383 e. The monoisotopic (exact) mass is 383 g/mol. The smallest absolute Gasteiger partial charge is 0.383 e. The molecule has 0 bridgehead atoms. The molecular weight excluding hydrogens is 368 g/mol. The first-order valence-electron chi connectivity index (χ1n) is 7.12. The van der Waals surface area contributed by atoms with E-state index in [1.807, 2.05) is 0 Å². The van der Waals surface area contributed by atoms with Crippen LogP contribution >= 0.6 is 19.4 Å². The molecule has 0 unspecified atom stereocenters. The van der Waals surface area contributed by atoms with E-state index < -0.39 is 43.2 Å². The summed E-state index contributed by atoms with van der Waals surface area (Å²) < 4.78 is 49.1. The number of phosphoric acid groups is 1. The SMILES string of the molecule is CC(C)O[P@@]1(=O)OC[C@H]2O[C@@H](n3ccc(N)nc3=O)[C@@](F)(Cl)[C@@H]2O1. The van der Waals surface area contributed by atoms with Crippen LogP contribution in [0.1, 0.15) is 20.1 Å². The van der Waals surface area contributed by atoms with Crippen molar-refractivity contribution in [2.24, 2.45) is 0 Å². The average molecular weight is 384 g/mol. The zero-order valence-electron chi connectivity index (χ0n) is 12.8. The van der Waals surface area contributed by atoms with Gasteiger partial charge in [0.05, 0.1) is 12.7 Å². The van der Waals surface area contributed by atoms with Gasteiger partial charge in [-0.25, -0.2) is 13.8 Å². The van der Waals surface area contributed by atoms with Gasteiger partial charge in [0.1, 0.15) is 11.9 Å². The van der Waals surface area contributed by atoms with E-state index in [9.17, 15) is 9.36 Å². The van der Waals surface area contributed by atoms with Gasteiger partial charge in [-0.3, -0.25) is 18.1 Å². The highest BCUT2D eigenvalue weighted by Gasteiger charge is 2.63. The van der Waals surface area contributed by atoms with E-state index in [0.717, 1.165) is 4.57 Å². The van der Waals surface area contributed by atoms with Gasteiger partial charge in [0.15, 0.2) is 12.3 Å². The molecule has 12 heteroatoms. The Morgan fingerprint density at radius 1 is 1.62 bits per heavy atom. The number of fused-ring (bicyclic) bond motifs is 1. The van der Waals surface area contributed by atoms with E-state index in [1.54, 1.807) is 13.8 Å². The summed E-state index contributed by atoms with van der Waals surface area (Å²) in [6.45, 7) is 2.98. The summed E-state index contributed by atoms with van der Waals surface area (Å²) in [5.74, 6) is -0.0277. The quantitative estimate of drug-likeness (QED) is 0.618. The molecule has 1 aromatic heterocycles. The van der Waals surface area contributed by atoms with Gasteiger partial charge in [0, 0.05) is 6.20 Å². The Hall–Kier alpha value is -1.03. The minimum atomic E-state index is -3.98. The molecule has 2 N–H and O–H groups in total. The van der Waals surface area contributed by atoms with Crippen molar-refractivity contribution < 1.29 is 27.3 Å². The molecule has 2 saturated heterocycles. The van der Waals surface area contributed by atoms with Gasteiger partial charge in [-0.15, -0.1) is 0 Å². The molecule has 0 radical (unpaired) electrons. The fourth-order valence-corrected chi connectivity index (χ4v) is 4.47. The number of alkyl halides is 2. The van der Waals surface area contributed by atoms with Crippen LogP contribution in [0.3, 0.4) is 0 Å². The summed E-state index contributed by atoms with van der Waals surface area (Å²) in [6, 6.07) is 1.30. The number of nitrogens with two attached hydrogens (primary N) is 1. The molecule has 0 aliphatic carbocycles. The van der Waals surface area contributed by atoms with Crippen LogP contribution in [0.5, 0.6) is 0 Å². The molecule has 3 rings (SSSR count). The number of nitrogens with zero attached hydrogens (tertiary/aromatic N) is 2. The number of nitrogen functional groups attached to an aromatic ring is 1. The van der Waals surface area contributed by atoms with Crippen LogP contribution < -0.4 is 11.4 Å². The predicted octanol–water partition coefficient (Wildman–Crippen LogP) is 1.58. The molecule has 1 aromatic rings. The van der Waals surface area contributed by atoms with Gasteiger partial charge < -0.3 is 10.5 Å². The lowest BCUT2D eigenvalue weighted by molar-refractivity contribution is -0.0748.